The van der Waals surface area contributed by atoms with E-state index >= 15 is 0 Å². The summed E-state index contributed by atoms with van der Waals surface area (Å²) in [4.78, 5) is 12.1. The molecule has 2 rings (SSSR count). The third-order valence-electron chi connectivity index (χ3n) is 3.30. The second kappa shape index (κ2) is 6.24. The van der Waals surface area contributed by atoms with Crippen LogP contribution in [0.3, 0.4) is 0 Å². The lowest BCUT2D eigenvalue weighted by Crippen LogP contribution is -2.38. The van der Waals surface area contributed by atoms with Gasteiger partial charge in [0.15, 0.2) is 0 Å². The van der Waals surface area contributed by atoms with Gasteiger partial charge in [-0.2, -0.15) is 0 Å². The maximum atomic E-state index is 12.1. The van der Waals surface area contributed by atoms with Gasteiger partial charge in [-0.15, -0.1) is 0 Å². The minimum Gasteiger partial charge on any atom is -0.506 e. The SMILES string of the molecule is O=C(NC1CCC(O)CC1)c1cc(Br)cc(Br)c1O. The van der Waals surface area contributed by atoms with Crippen LogP contribution in [0.4, 0.5) is 0 Å². The second-order valence-corrected chi connectivity index (χ2v) is 6.53. The minimum atomic E-state index is -0.291. The third-order valence-corrected chi connectivity index (χ3v) is 4.37. The topological polar surface area (TPSA) is 69.6 Å². The lowest BCUT2D eigenvalue weighted by Gasteiger charge is -2.26. The van der Waals surface area contributed by atoms with Gasteiger partial charge in [0.1, 0.15) is 5.75 Å². The molecule has 104 valence electrons. The highest BCUT2D eigenvalue weighted by Crippen LogP contribution is 2.32. The molecule has 4 nitrogen and oxygen atoms in total. The van der Waals surface area contributed by atoms with Crippen molar-refractivity contribution in [3.05, 3.63) is 26.6 Å². The van der Waals surface area contributed by atoms with Crippen molar-refractivity contribution in [1.29, 1.82) is 0 Å². The van der Waals surface area contributed by atoms with Gasteiger partial charge in [0.05, 0.1) is 16.1 Å². The monoisotopic (exact) mass is 391 g/mol. The van der Waals surface area contributed by atoms with Crippen molar-refractivity contribution >= 4 is 37.8 Å². The molecule has 0 aromatic heterocycles. The van der Waals surface area contributed by atoms with Crippen molar-refractivity contribution in [2.24, 2.45) is 0 Å². The Morgan fingerprint density at radius 2 is 1.84 bits per heavy atom. The van der Waals surface area contributed by atoms with E-state index in [1.807, 2.05) is 0 Å². The number of benzene rings is 1. The van der Waals surface area contributed by atoms with Crippen LogP contribution in [0.25, 0.3) is 0 Å². The van der Waals surface area contributed by atoms with Gasteiger partial charge >= 0.3 is 0 Å². The summed E-state index contributed by atoms with van der Waals surface area (Å²) >= 11 is 6.50. The molecule has 0 spiro atoms. The molecule has 0 radical (unpaired) electrons. The van der Waals surface area contributed by atoms with Crippen molar-refractivity contribution in [1.82, 2.24) is 5.32 Å². The summed E-state index contributed by atoms with van der Waals surface area (Å²) in [6.45, 7) is 0. The summed E-state index contributed by atoms with van der Waals surface area (Å²) in [7, 11) is 0. The highest BCUT2D eigenvalue weighted by molar-refractivity contribution is 9.11. The van der Waals surface area contributed by atoms with Crippen molar-refractivity contribution in [3.63, 3.8) is 0 Å². The molecule has 1 aliphatic carbocycles. The van der Waals surface area contributed by atoms with Crippen molar-refractivity contribution in [2.45, 2.75) is 37.8 Å². The Kier molecular flexibility index (Phi) is 4.86. The zero-order valence-electron chi connectivity index (χ0n) is 10.2. The number of aliphatic hydroxyl groups excluding tert-OH is 1. The van der Waals surface area contributed by atoms with Crippen LogP contribution in [0, 0.1) is 0 Å². The van der Waals surface area contributed by atoms with Gasteiger partial charge in [-0.25, -0.2) is 0 Å². The van der Waals surface area contributed by atoms with Gasteiger partial charge in [-0.1, -0.05) is 15.9 Å². The summed E-state index contributed by atoms with van der Waals surface area (Å²) in [5.41, 5.74) is 0.243. The van der Waals surface area contributed by atoms with Crippen LogP contribution in [0.1, 0.15) is 36.0 Å². The first-order chi connectivity index (χ1) is 8.97. The van der Waals surface area contributed by atoms with Crippen LogP contribution in [-0.4, -0.2) is 28.3 Å². The van der Waals surface area contributed by atoms with E-state index in [1.54, 1.807) is 12.1 Å². The van der Waals surface area contributed by atoms with Gasteiger partial charge in [0.25, 0.3) is 5.91 Å². The predicted octanol–water partition coefficient (Wildman–Crippen LogP) is 2.95. The van der Waals surface area contributed by atoms with E-state index in [9.17, 15) is 15.0 Å². The number of nitrogens with one attached hydrogen (secondary N) is 1. The number of rotatable bonds is 2. The number of aliphatic hydroxyl groups is 1. The van der Waals surface area contributed by atoms with Crippen molar-refractivity contribution < 1.29 is 15.0 Å². The Morgan fingerprint density at radius 3 is 2.47 bits per heavy atom. The number of aromatic hydroxyl groups is 1. The van der Waals surface area contributed by atoms with Crippen LogP contribution < -0.4 is 5.32 Å². The molecule has 6 heteroatoms. The first kappa shape index (κ1) is 14.8. The van der Waals surface area contributed by atoms with E-state index < -0.39 is 0 Å². The molecule has 1 aliphatic rings. The van der Waals surface area contributed by atoms with Crippen molar-refractivity contribution in [3.8, 4) is 5.75 Å². The van der Waals surface area contributed by atoms with Gasteiger partial charge in [-0.05, 0) is 53.7 Å². The Morgan fingerprint density at radius 1 is 1.21 bits per heavy atom. The predicted molar refractivity (Wildman–Crippen MR) is 79.2 cm³/mol. The number of carbonyl (C=O) groups excluding carboxylic acids is 1. The fourth-order valence-electron chi connectivity index (χ4n) is 2.22. The number of phenols is 1. The summed E-state index contributed by atoms with van der Waals surface area (Å²) in [6.07, 6.45) is 2.70. The molecule has 0 aliphatic heterocycles. The molecule has 19 heavy (non-hydrogen) atoms. The van der Waals surface area contributed by atoms with E-state index in [0.717, 1.165) is 17.3 Å². The van der Waals surface area contributed by atoms with Gasteiger partial charge in [0, 0.05) is 10.5 Å². The maximum absolute atomic E-state index is 12.1. The molecule has 3 N–H and O–H groups in total. The summed E-state index contributed by atoms with van der Waals surface area (Å²) in [5, 5.41) is 22.2. The Hall–Kier alpha value is -0.590. The standard InChI is InChI=1S/C13H15Br2NO3/c14-7-5-10(12(18)11(15)6-7)13(19)16-8-1-3-9(17)4-2-8/h5-6,8-9,17-18H,1-4H2,(H,16,19). The lowest BCUT2D eigenvalue weighted by atomic mass is 9.93. The molecule has 0 saturated heterocycles. The molecule has 1 aromatic carbocycles. The van der Waals surface area contributed by atoms with Gasteiger partial charge < -0.3 is 15.5 Å². The third kappa shape index (κ3) is 3.70. The van der Waals surface area contributed by atoms with E-state index in [2.05, 4.69) is 37.2 Å². The first-order valence-electron chi connectivity index (χ1n) is 6.14. The maximum Gasteiger partial charge on any atom is 0.255 e. The van der Waals surface area contributed by atoms with Crippen molar-refractivity contribution in [2.75, 3.05) is 0 Å². The first-order valence-corrected chi connectivity index (χ1v) is 7.73. The molecule has 1 saturated carbocycles. The summed E-state index contributed by atoms with van der Waals surface area (Å²) in [5.74, 6) is -0.350. The summed E-state index contributed by atoms with van der Waals surface area (Å²) < 4.78 is 1.20. The van der Waals surface area contributed by atoms with Crippen LogP contribution in [0.15, 0.2) is 21.1 Å². The number of hydrogen-bond acceptors (Lipinski definition) is 3. The second-order valence-electron chi connectivity index (χ2n) is 4.76. The molecule has 0 unspecified atom stereocenters. The average molecular weight is 393 g/mol. The van der Waals surface area contributed by atoms with E-state index in [4.69, 9.17) is 0 Å². The molecule has 0 bridgehead atoms. The average Bonchev–Trinajstić information content (AvgIpc) is 2.36. The van der Waals surface area contributed by atoms with E-state index in [-0.39, 0.29) is 29.4 Å². The molecule has 1 fully saturated rings. The van der Waals surface area contributed by atoms with Gasteiger partial charge in [0.2, 0.25) is 0 Å². The quantitative estimate of drug-likeness (QED) is 0.724. The van der Waals surface area contributed by atoms with E-state index in [1.165, 1.54) is 0 Å². The highest BCUT2D eigenvalue weighted by Gasteiger charge is 2.23. The van der Waals surface area contributed by atoms with Crippen LogP contribution in [-0.2, 0) is 0 Å². The molecular formula is C13H15Br2NO3. The molecular weight excluding hydrogens is 378 g/mol. The minimum absolute atomic E-state index is 0.0588. The van der Waals surface area contributed by atoms with Gasteiger partial charge in [-0.3, -0.25) is 4.79 Å². The highest BCUT2D eigenvalue weighted by atomic mass is 79.9. The zero-order chi connectivity index (χ0) is 14.0. The largest absolute Gasteiger partial charge is 0.506 e. The number of amides is 1. The molecule has 0 heterocycles. The lowest BCUT2D eigenvalue weighted by molar-refractivity contribution is 0.0865. The van der Waals surface area contributed by atoms with E-state index in [0.29, 0.717) is 17.3 Å². The van der Waals surface area contributed by atoms with Crippen LogP contribution in [0.2, 0.25) is 0 Å². The number of halogens is 2. The Bertz CT molecular complexity index is 485. The zero-order valence-corrected chi connectivity index (χ0v) is 13.4. The van der Waals surface area contributed by atoms with Crippen LogP contribution >= 0.6 is 31.9 Å². The van der Waals surface area contributed by atoms with Crippen LogP contribution in [0.5, 0.6) is 5.75 Å². The normalized spacial score (nSPS) is 23.1. The number of phenolic OH excluding ortho intramolecular Hbond substituents is 1. The fraction of sp³-hybridized carbons (Fsp3) is 0.462. The fourth-order valence-corrected chi connectivity index (χ4v) is 3.45. The molecule has 1 amide bonds. The number of carbonyl (C=O) groups is 1. The smallest absolute Gasteiger partial charge is 0.255 e. The Labute approximate surface area is 128 Å². The Balaban J connectivity index is 2.08. The number of hydrogen-bond donors (Lipinski definition) is 3. The summed E-state index contributed by atoms with van der Waals surface area (Å²) in [6, 6.07) is 3.34. The molecule has 0 atom stereocenters. The molecule has 1 aromatic rings.